The molecule has 0 saturated carbocycles. The molecule has 0 N–H and O–H groups in total. The van der Waals surface area contributed by atoms with Crippen LogP contribution in [-0.2, 0) is 4.79 Å². The number of hydrogen-bond acceptors (Lipinski definition) is 1. The normalized spacial score (nSPS) is 14.4. The Bertz CT molecular complexity index is 265. The van der Waals surface area contributed by atoms with E-state index in [9.17, 15) is 4.79 Å². The molecule has 0 aromatic heterocycles. The van der Waals surface area contributed by atoms with Gasteiger partial charge in [0.15, 0.2) is 0 Å². The van der Waals surface area contributed by atoms with Crippen molar-refractivity contribution >= 4 is 6.29 Å². The fourth-order valence-corrected chi connectivity index (χ4v) is 0.833. The SMILES string of the molecule is C/C=C/C(C)=C/C=C/C(C)=C\C=O. The van der Waals surface area contributed by atoms with Crippen molar-refractivity contribution in [2.45, 2.75) is 20.8 Å². The number of aldehydes is 1. The van der Waals surface area contributed by atoms with Crippen LogP contribution in [0.5, 0.6) is 0 Å². The Labute approximate surface area is 80.2 Å². The summed E-state index contributed by atoms with van der Waals surface area (Å²) in [4.78, 5) is 10.1. The Kier molecular flexibility index (Phi) is 6.52. The summed E-state index contributed by atoms with van der Waals surface area (Å²) in [5, 5.41) is 0. The van der Waals surface area contributed by atoms with Gasteiger partial charge in [-0.3, -0.25) is 4.79 Å². The zero-order valence-corrected chi connectivity index (χ0v) is 8.45. The van der Waals surface area contributed by atoms with Crippen LogP contribution in [0.3, 0.4) is 0 Å². The van der Waals surface area contributed by atoms with Gasteiger partial charge in [-0.15, -0.1) is 0 Å². The average Bonchev–Trinajstić information content (AvgIpc) is 2.05. The molecular formula is C12H16O. The van der Waals surface area contributed by atoms with Crippen LogP contribution in [0, 0.1) is 0 Å². The Morgan fingerprint density at radius 2 is 1.62 bits per heavy atom. The molecule has 70 valence electrons. The maximum Gasteiger partial charge on any atom is 0.143 e. The minimum Gasteiger partial charge on any atom is -0.299 e. The summed E-state index contributed by atoms with van der Waals surface area (Å²) < 4.78 is 0. The van der Waals surface area contributed by atoms with E-state index in [-0.39, 0.29) is 0 Å². The Hall–Kier alpha value is -1.37. The van der Waals surface area contributed by atoms with Gasteiger partial charge in [-0.25, -0.2) is 0 Å². The van der Waals surface area contributed by atoms with Gasteiger partial charge in [0, 0.05) is 0 Å². The Morgan fingerprint density at radius 1 is 1.00 bits per heavy atom. The minimum absolute atomic E-state index is 0.794. The highest BCUT2D eigenvalue weighted by atomic mass is 16.1. The third-order valence-corrected chi connectivity index (χ3v) is 1.48. The second-order valence-corrected chi connectivity index (χ2v) is 2.82. The predicted molar refractivity (Wildman–Crippen MR) is 57.5 cm³/mol. The molecule has 0 heterocycles. The van der Waals surface area contributed by atoms with E-state index in [0.29, 0.717) is 0 Å². The smallest absolute Gasteiger partial charge is 0.143 e. The van der Waals surface area contributed by atoms with E-state index in [1.54, 1.807) is 0 Å². The third kappa shape index (κ3) is 7.01. The summed E-state index contributed by atoms with van der Waals surface area (Å²) in [6.45, 7) is 5.91. The molecule has 0 aromatic carbocycles. The van der Waals surface area contributed by atoms with E-state index >= 15 is 0 Å². The van der Waals surface area contributed by atoms with Crippen LogP contribution in [0.1, 0.15) is 20.8 Å². The molecule has 0 aromatic rings. The zero-order valence-electron chi connectivity index (χ0n) is 8.45. The molecule has 0 aliphatic carbocycles. The van der Waals surface area contributed by atoms with Gasteiger partial charge < -0.3 is 0 Å². The van der Waals surface area contributed by atoms with Gasteiger partial charge in [0.2, 0.25) is 0 Å². The maximum absolute atomic E-state index is 10.1. The quantitative estimate of drug-likeness (QED) is 0.365. The molecule has 0 atom stereocenters. The lowest BCUT2D eigenvalue weighted by Gasteiger charge is -1.87. The Morgan fingerprint density at radius 3 is 2.15 bits per heavy atom. The summed E-state index contributed by atoms with van der Waals surface area (Å²) in [7, 11) is 0. The van der Waals surface area contributed by atoms with Crippen LogP contribution >= 0.6 is 0 Å². The highest BCUT2D eigenvalue weighted by molar-refractivity contribution is 5.66. The first-order valence-electron chi connectivity index (χ1n) is 4.30. The summed E-state index contributed by atoms with van der Waals surface area (Å²) in [5.74, 6) is 0. The summed E-state index contributed by atoms with van der Waals surface area (Å²) in [6.07, 6.45) is 12.2. The third-order valence-electron chi connectivity index (χ3n) is 1.48. The fourth-order valence-electron chi connectivity index (χ4n) is 0.833. The molecule has 0 bridgehead atoms. The van der Waals surface area contributed by atoms with Crippen molar-refractivity contribution in [3.8, 4) is 0 Å². The van der Waals surface area contributed by atoms with Gasteiger partial charge in [-0.05, 0) is 32.4 Å². The van der Waals surface area contributed by atoms with Crippen LogP contribution < -0.4 is 0 Å². The fraction of sp³-hybridized carbons (Fsp3) is 0.250. The molecule has 0 amide bonds. The molecule has 0 rings (SSSR count). The van der Waals surface area contributed by atoms with E-state index < -0.39 is 0 Å². The second-order valence-electron chi connectivity index (χ2n) is 2.82. The van der Waals surface area contributed by atoms with Gasteiger partial charge in [0.25, 0.3) is 0 Å². The molecule has 13 heavy (non-hydrogen) atoms. The number of hydrogen-bond donors (Lipinski definition) is 0. The van der Waals surface area contributed by atoms with Crippen LogP contribution in [-0.4, -0.2) is 6.29 Å². The van der Waals surface area contributed by atoms with Crippen molar-refractivity contribution in [2.75, 3.05) is 0 Å². The van der Waals surface area contributed by atoms with Crippen molar-refractivity contribution < 1.29 is 4.79 Å². The lowest BCUT2D eigenvalue weighted by atomic mass is 10.2. The molecule has 0 fully saturated rings. The summed E-state index contributed by atoms with van der Waals surface area (Å²) >= 11 is 0. The summed E-state index contributed by atoms with van der Waals surface area (Å²) in [6, 6.07) is 0. The van der Waals surface area contributed by atoms with E-state index in [1.807, 2.05) is 51.2 Å². The van der Waals surface area contributed by atoms with Crippen molar-refractivity contribution in [3.05, 3.63) is 47.6 Å². The highest BCUT2D eigenvalue weighted by Crippen LogP contribution is 1.98. The second kappa shape index (κ2) is 7.29. The number of rotatable bonds is 4. The molecule has 0 aliphatic heterocycles. The monoisotopic (exact) mass is 176 g/mol. The van der Waals surface area contributed by atoms with Crippen LogP contribution in [0.15, 0.2) is 47.6 Å². The number of allylic oxidation sites excluding steroid dienone is 8. The maximum atomic E-state index is 10.1. The highest BCUT2D eigenvalue weighted by Gasteiger charge is 1.78. The van der Waals surface area contributed by atoms with Crippen molar-refractivity contribution in [2.24, 2.45) is 0 Å². The average molecular weight is 176 g/mol. The molecule has 1 heteroatoms. The van der Waals surface area contributed by atoms with E-state index in [4.69, 9.17) is 0 Å². The van der Waals surface area contributed by atoms with Crippen LogP contribution in [0.25, 0.3) is 0 Å². The van der Waals surface area contributed by atoms with Crippen molar-refractivity contribution in [3.63, 3.8) is 0 Å². The number of carbonyl (C=O) groups is 1. The van der Waals surface area contributed by atoms with E-state index in [1.165, 1.54) is 11.6 Å². The van der Waals surface area contributed by atoms with Gasteiger partial charge >= 0.3 is 0 Å². The largest absolute Gasteiger partial charge is 0.299 e. The van der Waals surface area contributed by atoms with Gasteiger partial charge in [-0.2, -0.15) is 0 Å². The molecule has 0 radical (unpaired) electrons. The molecular weight excluding hydrogens is 160 g/mol. The topological polar surface area (TPSA) is 17.1 Å². The minimum atomic E-state index is 0.794. The Balaban J connectivity index is 4.21. The first kappa shape index (κ1) is 11.6. The molecule has 0 spiro atoms. The predicted octanol–water partition coefficient (Wildman–Crippen LogP) is 3.21. The lowest BCUT2D eigenvalue weighted by Crippen LogP contribution is -1.69. The van der Waals surface area contributed by atoms with Crippen molar-refractivity contribution in [1.29, 1.82) is 0 Å². The van der Waals surface area contributed by atoms with Gasteiger partial charge in [0.05, 0.1) is 0 Å². The molecule has 0 unspecified atom stereocenters. The molecule has 1 nitrogen and oxygen atoms in total. The first-order valence-corrected chi connectivity index (χ1v) is 4.30. The van der Waals surface area contributed by atoms with E-state index in [2.05, 4.69) is 0 Å². The van der Waals surface area contributed by atoms with Crippen LogP contribution in [0.4, 0.5) is 0 Å². The number of carbonyl (C=O) groups excluding carboxylic acids is 1. The standard InChI is InChI=1S/C12H16O/c1-4-6-11(2)7-5-8-12(3)9-10-13/h4-10H,1-3H3/b6-4+,8-5+,11-7+,12-9-. The molecule has 0 aliphatic rings. The lowest BCUT2D eigenvalue weighted by molar-refractivity contribution is -0.104. The first-order chi connectivity index (χ1) is 6.20. The van der Waals surface area contributed by atoms with E-state index in [0.717, 1.165) is 11.9 Å². The van der Waals surface area contributed by atoms with Crippen LogP contribution in [0.2, 0.25) is 0 Å². The van der Waals surface area contributed by atoms with Gasteiger partial charge in [-0.1, -0.05) is 36.0 Å². The zero-order chi connectivity index (χ0) is 10.1. The van der Waals surface area contributed by atoms with Crippen molar-refractivity contribution in [1.82, 2.24) is 0 Å². The summed E-state index contributed by atoms with van der Waals surface area (Å²) in [5.41, 5.74) is 2.15. The molecule has 0 saturated heterocycles. The van der Waals surface area contributed by atoms with Gasteiger partial charge in [0.1, 0.15) is 6.29 Å².